The fourth-order valence-electron chi connectivity index (χ4n) is 2.64. The van der Waals surface area contributed by atoms with Gasteiger partial charge < -0.3 is 5.32 Å². The standard InChI is InChI=1S/C16H4Cl5NO2S/c17-4-1-5-11(8(19)2-4)22-12(13(5)23)16-14(24)6-3-7(18)9(20)10(21)15(6)25-16/h1-3,22H/b16-12+. The molecular formula is C16H4Cl5NO2S. The molecule has 0 spiro atoms. The Kier molecular flexibility index (Phi) is 4.27. The van der Waals surface area contributed by atoms with Crippen LogP contribution in [0.5, 0.6) is 0 Å². The SMILES string of the molecule is O=C1/C(=C2\Sc3c(cc(Cl)c(Cl)c3Cl)C2=O)Nc2c(Cl)cc(Cl)cc21. The molecule has 0 saturated carbocycles. The van der Waals surface area contributed by atoms with Crippen LogP contribution in [0.25, 0.3) is 0 Å². The summed E-state index contributed by atoms with van der Waals surface area (Å²) in [5, 5.41) is 4.08. The Bertz CT molecular complexity index is 1050. The average molecular weight is 452 g/mol. The molecule has 2 aliphatic heterocycles. The quantitative estimate of drug-likeness (QED) is 0.355. The first kappa shape index (κ1) is 17.5. The van der Waals surface area contributed by atoms with E-state index in [0.29, 0.717) is 31.8 Å². The van der Waals surface area contributed by atoms with Crippen LogP contribution in [0.1, 0.15) is 20.7 Å². The summed E-state index contributed by atoms with van der Waals surface area (Å²) in [5.74, 6) is -0.720. The predicted molar refractivity (Wildman–Crippen MR) is 103 cm³/mol. The second-order valence-electron chi connectivity index (χ2n) is 5.26. The lowest BCUT2D eigenvalue weighted by atomic mass is 10.1. The van der Waals surface area contributed by atoms with E-state index in [1.807, 2.05) is 0 Å². The van der Waals surface area contributed by atoms with Gasteiger partial charge in [-0.15, -0.1) is 0 Å². The van der Waals surface area contributed by atoms with E-state index in [0.717, 1.165) is 11.8 Å². The number of carbonyl (C=O) groups is 2. The summed E-state index contributed by atoms with van der Waals surface area (Å²) in [6, 6.07) is 4.47. The number of thioether (sulfide) groups is 1. The topological polar surface area (TPSA) is 46.2 Å². The van der Waals surface area contributed by atoms with Crippen molar-refractivity contribution in [1.29, 1.82) is 0 Å². The highest BCUT2D eigenvalue weighted by atomic mass is 35.5. The van der Waals surface area contributed by atoms with Crippen LogP contribution in [0, 0.1) is 0 Å². The van der Waals surface area contributed by atoms with Gasteiger partial charge in [0, 0.05) is 15.5 Å². The highest BCUT2D eigenvalue weighted by Gasteiger charge is 2.38. The number of fused-ring (bicyclic) bond motifs is 2. The Morgan fingerprint density at radius 3 is 2.24 bits per heavy atom. The Morgan fingerprint density at radius 2 is 1.52 bits per heavy atom. The summed E-state index contributed by atoms with van der Waals surface area (Å²) < 4.78 is 0. The summed E-state index contributed by atoms with van der Waals surface area (Å²) in [5.41, 5.74) is 1.17. The van der Waals surface area contributed by atoms with Crippen LogP contribution >= 0.6 is 69.8 Å². The molecule has 0 saturated heterocycles. The van der Waals surface area contributed by atoms with Crippen molar-refractivity contribution in [2.45, 2.75) is 4.90 Å². The summed E-state index contributed by atoms with van der Waals surface area (Å²) in [6.07, 6.45) is 0. The smallest absolute Gasteiger partial charge is 0.212 e. The first-order chi connectivity index (χ1) is 11.8. The molecule has 126 valence electrons. The van der Waals surface area contributed by atoms with E-state index in [-0.39, 0.29) is 37.2 Å². The fourth-order valence-corrected chi connectivity index (χ4v) is 5.06. The van der Waals surface area contributed by atoms with Gasteiger partial charge in [-0.3, -0.25) is 9.59 Å². The van der Waals surface area contributed by atoms with Gasteiger partial charge in [0.05, 0.1) is 36.2 Å². The summed E-state index contributed by atoms with van der Waals surface area (Å²) in [7, 11) is 0. The number of halogens is 5. The minimum atomic E-state index is -0.364. The molecular weight excluding hydrogens is 448 g/mol. The zero-order valence-electron chi connectivity index (χ0n) is 11.8. The molecule has 9 heteroatoms. The number of hydrogen-bond acceptors (Lipinski definition) is 4. The van der Waals surface area contributed by atoms with Crippen molar-refractivity contribution in [3.63, 3.8) is 0 Å². The number of rotatable bonds is 0. The van der Waals surface area contributed by atoms with Crippen molar-refractivity contribution in [2.24, 2.45) is 0 Å². The number of benzene rings is 2. The first-order valence-corrected chi connectivity index (χ1v) is 9.45. The van der Waals surface area contributed by atoms with Crippen LogP contribution in [-0.2, 0) is 0 Å². The number of carbonyl (C=O) groups excluding carboxylic acids is 2. The number of nitrogens with one attached hydrogen (secondary N) is 1. The number of ketones is 2. The van der Waals surface area contributed by atoms with Crippen molar-refractivity contribution in [3.8, 4) is 0 Å². The number of anilines is 1. The molecule has 25 heavy (non-hydrogen) atoms. The number of allylic oxidation sites excluding steroid dienone is 2. The lowest BCUT2D eigenvalue weighted by molar-refractivity contribution is 0.101. The largest absolute Gasteiger partial charge is 0.349 e. The first-order valence-electron chi connectivity index (χ1n) is 6.74. The second-order valence-corrected chi connectivity index (χ2v) is 8.29. The molecule has 2 aliphatic rings. The molecule has 0 amide bonds. The Morgan fingerprint density at radius 1 is 0.800 bits per heavy atom. The van der Waals surface area contributed by atoms with E-state index in [9.17, 15) is 9.59 Å². The molecule has 0 unspecified atom stereocenters. The van der Waals surface area contributed by atoms with Crippen LogP contribution in [0.4, 0.5) is 5.69 Å². The second kappa shape index (κ2) is 6.08. The van der Waals surface area contributed by atoms with Gasteiger partial charge in [0.2, 0.25) is 11.6 Å². The third kappa shape index (κ3) is 2.59. The van der Waals surface area contributed by atoms with Gasteiger partial charge in [-0.05, 0) is 18.2 Å². The molecule has 3 nitrogen and oxygen atoms in total. The van der Waals surface area contributed by atoms with Crippen LogP contribution in [-0.4, -0.2) is 11.6 Å². The molecule has 2 aromatic rings. The van der Waals surface area contributed by atoms with E-state index in [4.69, 9.17) is 58.0 Å². The molecule has 4 rings (SSSR count). The van der Waals surface area contributed by atoms with Crippen LogP contribution < -0.4 is 5.32 Å². The normalized spacial score (nSPS) is 18.4. The molecule has 0 fully saturated rings. The number of hydrogen-bond donors (Lipinski definition) is 1. The lowest BCUT2D eigenvalue weighted by Crippen LogP contribution is -2.07. The van der Waals surface area contributed by atoms with Crippen molar-refractivity contribution in [1.82, 2.24) is 0 Å². The van der Waals surface area contributed by atoms with Gasteiger partial charge in [-0.2, -0.15) is 0 Å². The van der Waals surface area contributed by atoms with E-state index < -0.39 is 0 Å². The molecule has 1 N–H and O–H groups in total. The van der Waals surface area contributed by atoms with E-state index in [2.05, 4.69) is 5.32 Å². The van der Waals surface area contributed by atoms with E-state index in [1.165, 1.54) is 18.2 Å². The van der Waals surface area contributed by atoms with Crippen molar-refractivity contribution in [2.75, 3.05) is 5.32 Å². The minimum absolute atomic E-state index is 0.133. The monoisotopic (exact) mass is 449 g/mol. The van der Waals surface area contributed by atoms with E-state index in [1.54, 1.807) is 0 Å². The molecule has 2 heterocycles. The third-order valence-electron chi connectivity index (χ3n) is 3.78. The average Bonchev–Trinajstić information content (AvgIpc) is 3.05. The highest BCUT2D eigenvalue weighted by molar-refractivity contribution is 8.05. The Labute approximate surface area is 171 Å². The van der Waals surface area contributed by atoms with Crippen molar-refractivity contribution in [3.05, 3.63) is 65.0 Å². The van der Waals surface area contributed by atoms with Gasteiger partial charge in [-0.1, -0.05) is 69.8 Å². The third-order valence-corrected chi connectivity index (χ3v) is 6.89. The van der Waals surface area contributed by atoms with Gasteiger partial charge in [0.25, 0.3) is 0 Å². The van der Waals surface area contributed by atoms with E-state index >= 15 is 0 Å². The molecule has 2 aromatic carbocycles. The highest BCUT2D eigenvalue weighted by Crippen LogP contribution is 2.51. The maximum absolute atomic E-state index is 12.8. The predicted octanol–water partition coefficient (Wildman–Crippen LogP) is 6.76. The summed E-state index contributed by atoms with van der Waals surface area (Å²) in [6.45, 7) is 0. The number of Topliss-reactive ketones (excluding diaryl/α,β-unsaturated/α-hetero) is 2. The zero-order valence-corrected chi connectivity index (χ0v) is 16.4. The van der Waals surface area contributed by atoms with Crippen molar-refractivity contribution >= 4 is 87.0 Å². The van der Waals surface area contributed by atoms with Crippen molar-refractivity contribution < 1.29 is 9.59 Å². The lowest BCUT2D eigenvalue weighted by Gasteiger charge is -2.04. The van der Waals surface area contributed by atoms with Gasteiger partial charge in [-0.25, -0.2) is 0 Å². The summed E-state index contributed by atoms with van der Waals surface area (Å²) in [4.78, 5) is 26.2. The minimum Gasteiger partial charge on any atom is -0.349 e. The zero-order chi connectivity index (χ0) is 18.0. The molecule has 0 aromatic heterocycles. The molecule has 0 atom stereocenters. The fraction of sp³-hybridized carbons (Fsp3) is 0. The molecule has 0 bridgehead atoms. The Balaban J connectivity index is 1.87. The van der Waals surface area contributed by atoms with Crippen LogP contribution in [0.2, 0.25) is 25.1 Å². The maximum atomic E-state index is 12.8. The van der Waals surface area contributed by atoms with Gasteiger partial charge in [0.1, 0.15) is 5.70 Å². The summed E-state index contributed by atoms with van der Waals surface area (Å²) >= 11 is 31.4. The van der Waals surface area contributed by atoms with Crippen LogP contribution in [0.3, 0.4) is 0 Å². The van der Waals surface area contributed by atoms with Gasteiger partial charge in [0.15, 0.2) is 0 Å². The molecule has 0 aliphatic carbocycles. The molecule has 0 radical (unpaired) electrons. The Hall–Kier alpha value is -0.880. The maximum Gasteiger partial charge on any atom is 0.212 e. The van der Waals surface area contributed by atoms with Gasteiger partial charge >= 0.3 is 0 Å². The van der Waals surface area contributed by atoms with Crippen LogP contribution in [0.15, 0.2) is 33.7 Å².